The second-order valence-corrected chi connectivity index (χ2v) is 4.68. The van der Waals surface area contributed by atoms with Crippen molar-refractivity contribution in [3.63, 3.8) is 0 Å². The molecular weight excluding hydrogens is 313 g/mol. The number of nitrogens with zero attached hydrogens (tertiary/aromatic N) is 3. The Labute approximate surface area is 130 Å². The van der Waals surface area contributed by atoms with Crippen molar-refractivity contribution < 1.29 is 22.7 Å². The van der Waals surface area contributed by atoms with E-state index in [0.717, 1.165) is 4.68 Å². The highest BCUT2D eigenvalue weighted by Crippen LogP contribution is 2.25. The number of rotatable bonds is 6. The smallest absolute Gasteiger partial charge is 0.283 e. The van der Waals surface area contributed by atoms with Crippen molar-refractivity contribution in [1.82, 2.24) is 15.0 Å². The Balaban J connectivity index is 2.14. The number of hydrogen-bond acceptors (Lipinski definition) is 4. The monoisotopic (exact) mass is 328 g/mol. The number of aryl methyl sites for hydroxylation is 1. The number of alkyl halides is 2. The van der Waals surface area contributed by atoms with Crippen LogP contribution >= 0.6 is 0 Å². The molecule has 1 heterocycles. The molecule has 0 fully saturated rings. The van der Waals surface area contributed by atoms with Gasteiger partial charge >= 0.3 is 0 Å². The summed E-state index contributed by atoms with van der Waals surface area (Å²) in [5.41, 5.74) is -0.515. The van der Waals surface area contributed by atoms with Crippen LogP contribution in [-0.2, 0) is 11.8 Å². The molecule has 0 spiro atoms. The average Bonchev–Trinajstić information content (AvgIpc) is 2.87. The summed E-state index contributed by atoms with van der Waals surface area (Å²) in [5, 5.41) is 9.18. The van der Waals surface area contributed by atoms with Crippen molar-refractivity contribution in [2.45, 2.75) is 25.9 Å². The maximum atomic E-state index is 13.6. The summed E-state index contributed by atoms with van der Waals surface area (Å²) in [7, 11) is 1.29. The summed E-state index contributed by atoms with van der Waals surface area (Å²) in [6.45, 7) is 1.65. The Morgan fingerprint density at radius 3 is 2.70 bits per heavy atom. The Bertz CT molecular complexity index is 690. The van der Waals surface area contributed by atoms with E-state index in [4.69, 9.17) is 4.74 Å². The van der Waals surface area contributed by atoms with Gasteiger partial charge in [0.25, 0.3) is 12.3 Å². The van der Waals surface area contributed by atoms with Crippen LogP contribution in [0.5, 0.6) is 5.75 Å². The molecule has 0 saturated heterocycles. The lowest BCUT2D eigenvalue weighted by Crippen LogP contribution is -2.33. The summed E-state index contributed by atoms with van der Waals surface area (Å²) in [4.78, 5) is 12.2. The van der Waals surface area contributed by atoms with Crippen molar-refractivity contribution in [1.29, 1.82) is 0 Å². The molecule has 23 heavy (non-hydrogen) atoms. The highest BCUT2D eigenvalue weighted by atomic mass is 19.3. The lowest BCUT2D eigenvalue weighted by molar-refractivity contribution is -0.122. The predicted molar refractivity (Wildman–Crippen MR) is 75.7 cm³/mol. The molecule has 124 valence electrons. The van der Waals surface area contributed by atoms with E-state index >= 15 is 0 Å². The van der Waals surface area contributed by atoms with Gasteiger partial charge in [-0.1, -0.05) is 24.3 Å². The van der Waals surface area contributed by atoms with Crippen LogP contribution in [0.15, 0.2) is 24.3 Å². The molecule has 1 atom stereocenters. The number of hydrogen-bond donors (Lipinski definition) is 1. The van der Waals surface area contributed by atoms with E-state index in [1.54, 1.807) is 13.0 Å². The molecular formula is C14H15F3N4O2. The van der Waals surface area contributed by atoms with Gasteiger partial charge in [0.2, 0.25) is 0 Å². The Hall–Kier alpha value is -2.58. The maximum absolute atomic E-state index is 13.6. The van der Waals surface area contributed by atoms with Crippen LogP contribution in [0.4, 0.5) is 19.0 Å². The van der Waals surface area contributed by atoms with Crippen molar-refractivity contribution in [3.05, 3.63) is 35.8 Å². The molecule has 1 aromatic heterocycles. The lowest BCUT2D eigenvalue weighted by Gasteiger charge is -2.17. The number of ether oxygens (including phenoxy) is 1. The fourth-order valence-corrected chi connectivity index (χ4v) is 1.91. The van der Waals surface area contributed by atoms with Crippen molar-refractivity contribution in [2.75, 3.05) is 5.32 Å². The minimum atomic E-state index is -2.85. The highest BCUT2D eigenvalue weighted by molar-refractivity contribution is 5.94. The van der Waals surface area contributed by atoms with Gasteiger partial charge in [0, 0.05) is 7.05 Å². The maximum Gasteiger partial charge on any atom is 0.283 e. The number of benzene rings is 1. The fourth-order valence-electron chi connectivity index (χ4n) is 1.91. The third-order valence-electron chi connectivity index (χ3n) is 3.09. The molecule has 0 radical (unpaired) electrons. The van der Waals surface area contributed by atoms with Crippen LogP contribution in [-0.4, -0.2) is 27.0 Å². The highest BCUT2D eigenvalue weighted by Gasteiger charge is 2.26. The first kappa shape index (κ1) is 16.8. The zero-order chi connectivity index (χ0) is 17.0. The van der Waals surface area contributed by atoms with E-state index in [-0.39, 0.29) is 18.0 Å². The number of nitrogens with one attached hydrogen (secondary N) is 1. The molecule has 0 bridgehead atoms. The molecule has 2 rings (SSSR count). The van der Waals surface area contributed by atoms with E-state index in [0.29, 0.717) is 0 Å². The molecule has 9 heteroatoms. The SMILES string of the molecule is CCC(Oc1ccccc1F)C(=O)Nc1nnn(C)c1C(F)F. The molecule has 1 aromatic carbocycles. The minimum absolute atomic E-state index is 0.0947. The number of aromatic nitrogens is 3. The third kappa shape index (κ3) is 3.79. The quantitative estimate of drug-likeness (QED) is 0.885. The van der Waals surface area contributed by atoms with E-state index < -0.39 is 29.9 Å². The largest absolute Gasteiger partial charge is 0.478 e. The molecule has 1 unspecified atom stereocenters. The van der Waals surface area contributed by atoms with Gasteiger partial charge in [-0.2, -0.15) is 0 Å². The Morgan fingerprint density at radius 2 is 2.09 bits per heavy atom. The number of anilines is 1. The van der Waals surface area contributed by atoms with E-state index in [1.807, 2.05) is 0 Å². The van der Waals surface area contributed by atoms with Crippen LogP contribution in [0.1, 0.15) is 25.5 Å². The molecule has 1 amide bonds. The van der Waals surface area contributed by atoms with Gasteiger partial charge in [-0.05, 0) is 18.6 Å². The normalized spacial score (nSPS) is 12.3. The molecule has 0 aliphatic rings. The first-order valence-corrected chi connectivity index (χ1v) is 6.83. The molecule has 0 saturated carbocycles. The number of amides is 1. The topological polar surface area (TPSA) is 69.0 Å². The Kier molecular flexibility index (Phi) is 5.20. The minimum Gasteiger partial charge on any atom is -0.478 e. The molecule has 2 aromatic rings. The van der Waals surface area contributed by atoms with Gasteiger partial charge in [0.15, 0.2) is 23.5 Å². The van der Waals surface area contributed by atoms with Gasteiger partial charge in [0.1, 0.15) is 5.69 Å². The number of para-hydroxylation sites is 1. The van der Waals surface area contributed by atoms with Crippen LogP contribution in [0, 0.1) is 5.82 Å². The van der Waals surface area contributed by atoms with Gasteiger partial charge in [0.05, 0.1) is 0 Å². The molecule has 0 aliphatic heterocycles. The van der Waals surface area contributed by atoms with Crippen molar-refractivity contribution in [2.24, 2.45) is 7.05 Å². The average molecular weight is 328 g/mol. The first-order valence-electron chi connectivity index (χ1n) is 6.83. The first-order chi connectivity index (χ1) is 10.9. The van der Waals surface area contributed by atoms with Gasteiger partial charge in [-0.3, -0.25) is 4.79 Å². The van der Waals surface area contributed by atoms with Crippen LogP contribution in [0.2, 0.25) is 0 Å². The summed E-state index contributed by atoms with van der Waals surface area (Å²) in [6, 6.07) is 5.61. The zero-order valence-corrected chi connectivity index (χ0v) is 12.5. The molecule has 0 aliphatic carbocycles. The predicted octanol–water partition coefficient (Wildman–Crippen LogP) is 2.69. The van der Waals surface area contributed by atoms with Gasteiger partial charge < -0.3 is 10.1 Å². The summed E-state index contributed by atoms with van der Waals surface area (Å²) >= 11 is 0. The van der Waals surface area contributed by atoms with E-state index in [1.165, 1.54) is 25.2 Å². The summed E-state index contributed by atoms with van der Waals surface area (Å²) in [5.74, 6) is -1.77. The molecule has 6 nitrogen and oxygen atoms in total. The van der Waals surface area contributed by atoms with Crippen LogP contribution in [0.25, 0.3) is 0 Å². The molecule has 1 N–H and O–H groups in total. The standard InChI is InChI=1S/C14H15F3N4O2/c1-3-9(23-10-7-5-4-6-8(10)15)14(22)18-13-11(12(16)17)21(2)20-19-13/h4-7,9,12H,3H2,1-2H3,(H,18,22). The van der Waals surface area contributed by atoms with E-state index in [2.05, 4.69) is 15.6 Å². The second-order valence-electron chi connectivity index (χ2n) is 4.68. The summed E-state index contributed by atoms with van der Waals surface area (Å²) in [6.07, 6.45) is -3.69. The van der Waals surface area contributed by atoms with Gasteiger partial charge in [-0.15, -0.1) is 5.10 Å². The van der Waals surface area contributed by atoms with Crippen molar-refractivity contribution >= 4 is 11.7 Å². The third-order valence-corrected chi connectivity index (χ3v) is 3.09. The van der Waals surface area contributed by atoms with Crippen LogP contribution < -0.4 is 10.1 Å². The van der Waals surface area contributed by atoms with E-state index in [9.17, 15) is 18.0 Å². The number of carbonyl (C=O) groups excluding carboxylic acids is 1. The Morgan fingerprint density at radius 1 is 1.39 bits per heavy atom. The lowest BCUT2D eigenvalue weighted by atomic mass is 10.2. The fraction of sp³-hybridized carbons (Fsp3) is 0.357. The summed E-state index contributed by atoms with van der Waals surface area (Å²) < 4.78 is 45.6. The van der Waals surface area contributed by atoms with Crippen molar-refractivity contribution in [3.8, 4) is 5.75 Å². The zero-order valence-electron chi connectivity index (χ0n) is 12.5. The van der Waals surface area contributed by atoms with Crippen LogP contribution in [0.3, 0.4) is 0 Å². The number of halogens is 3. The van der Waals surface area contributed by atoms with Gasteiger partial charge in [-0.25, -0.2) is 17.9 Å². The number of carbonyl (C=O) groups is 1. The second kappa shape index (κ2) is 7.12.